The fourth-order valence-corrected chi connectivity index (χ4v) is 2.03. The third kappa shape index (κ3) is 5.17. The summed E-state index contributed by atoms with van der Waals surface area (Å²) >= 11 is 0. The van der Waals surface area contributed by atoms with Crippen LogP contribution in [0.3, 0.4) is 0 Å². The molecule has 2 unspecified atom stereocenters. The average molecular weight is 243 g/mol. The zero-order chi connectivity index (χ0) is 12.7. The number of piperidine rings is 1. The van der Waals surface area contributed by atoms with E-state index in [1.54, 1.807) is 0 Å². The van der Waals surface area contributed by atoms with Gasteiger partial charge in [-0.1, -0.05) is 13.3 Å². The molecule has 1 saturated heterocycles. The lowest BCUT2D eigenvalue weighted by Crippen LogP contribution is -2.44. The summed E-state index contributed by atoms with van der Waals surface area (Å²) in [6.07, 6.45) is 3.38. The van der Waals surface area contributed by atoms with Gasteiger partial charge in [0.15, 0.2) is 0 Å². The average Bonchev–Trinajstić information content (AvgIpc) is 2.28. The molecule has 0 aromatic heterocycles. The Bertz CT molecular complexity index is 267. The molecule has 2 atom stereocenters. The van der Waals surface area contributed by atoms with Gasteiger partial charge in [0, 0.05) is 6.42 Å². The Balaban J connectivity index is 2.32. The Kier molecular flexibility index (Phi) is 5.97. The van der Waals surface area contributed by atoms with Gasteiger partial charge in [-0.2, -0.15) is 0 Å². The quantitative estimate of drug-likeness (QED) is 0.541. The maximum Gasteiger partial charge on any atom is 0.323 e. The van der Waals surface area contributed by atoms with E-state index in [0.29, 0.717) is 19.6 Å². The summed E-state index contributed by atoms with van der Waals surface area (Å²) in [5.41, 5.74) is 0. The van der Waals surface area contributed by atoms with Gasteiger partial charge in [0.2, 0.25) is 0 Å². The van der Waals surface area contributed by atoms with Gasteiger partial charge in [0.05, 0.1) is 6.61 Å². The second-order valence-electron chi connectivity index (χ2n) is 4.52. The predicted octanol–water partition coefficient (Wildman–Crippen LogP) is 1.17. The van der Waals surface area contributed by atoms with E-state index in [1.807, 2.05) is 6.92 Å². The molecule has 0 spiro atoms. The molecule has 0 aliphatic carbocycles. The zero-order valence-electron chi connectivity index (χ0n) is 10.3. The lowest BCUT2D eigenvalue weighted by Gasteiger charge is -2.28. The van der Waals surface area contributed by atoms with Crippen molar-refractivity contribution in [3.63, 3.8) is 0 Å². The van der Waals surface area contributed by atoms with Crippen LogP contribution in [-0.2, 0) is 14.3 Å². The number of carboxylic acid groups (broad SMARTS) is 1. The van der Waals surface area contributed by atoms with Crippen LogP contribution in [0.15, 0.2) is 0 Å². The van der Waals surface area contributed by atoms with Gasteiger partial charge in [0.25, 0.3) is 0 Å². The highest BCUT2D eigenvalue weighted by atomic mass is 16.5. The van der Waals surface area contributed by atoms with Crippen molar-refractivity contribution in [2.24, 2.45) is 5.92 Å². The smallest absolute Gasteiger partial charge is 0.323 e. The second-order valence-corrected chi connectivity index (χ2v) is 4.52. The lowest BCUT2D eigenvalue weighted by atomic mass is 9.90. The lowest BCUT2D eigenvalue weighted by molar-refractivity contribution is -0.148. The van der Waals surface area contributed by atoms with Crippen LogP contribution in [0.25, 0.3) is 0 Å². The van der Waals surface area contributed by atoms with E-state index >= 15 is 0 Å². The molecule has 0 aromatic rings. The standard InChI is InChI=1S/C12H21NO4/c1-2-3-6-17-12(16)10-7-9(4-5-13-10)8-11(14)15/h9-10,13H,2-8H2,1H3,(H,14,15). The number of rotatable bonds is 6. The molecule has 0 radical (unpaired) electrons. The Morgan fingerprint density at radius 1 is 1.47 bits per heavy atom. The van der Waals surface area contributed by atoms with E-state index in [-0.39, 0.29) is 24.3 Å². The molecule has 1 aliphatic rings. The first kappa shape index (κ1) is 14.0. The van der Waals surface area contributed by atoms with Crippen LogP contribution in [0.2, 0.25) is 0 Å². The SMILES string of the molecule is CCCCOC(=O)C1CC(CC(=O)O)CCN1. The Labute approximate surface area is 102 Å². The van der Waals surface area contributed by atoms with Crippen LogP contribution in [0.1, 0.15) is 39.0 Å². The first-order valence-corrected chi connectivity index (χ1v) is 6.25. The highest BCUT2D eigenvalue weighted by Gasteiger charge is 2.28. The zero-order valence-corrected chi connectivity index (χ0v) is 10.3. The highest BCUT2D eigenvalue weighted by Crippen LogP contribution is 2.20. The van der Waals surface area contributed by atoms with Crippen molar-refractivity contribution in [2.75, 3.05) is 13.2 Å². The third-order valence-corrected chi connectivity index (χ3v) is 3.00. The maximum atomic E-state index is 11.7. The Morgan fingerprint density at radius 2 is 2.24 bits per heavy atom. The molecule has 0 saturated carbocycles. The molecule has 2 N–H and O–H groups in total. The second kappa shape index (κ2) is 7.27. The Hall–Kier alpha value is -1.10. The number of nitrogens with one attached hydrogen (secondary N) is 1. The highest BCUT2D eigenvalue weighted by molar-refractivity contribution is 5.76. The normalized spacial score (nSPS) is 24.3. The fraction of sp³-hybridized carbons (Fsp3) is 0.833. The van der Waals surface area contributed by atoms with Crippen LogP contribution in [0.4, 0.5) is 0 Å². The molecule has 0 bridgehead atoms. The molecule has 0 amide bonds. The van der Waals surface area contributed by atoms with E-state index in [2.05, 4.69) is 5.32 Å². The van der Waals surface area contributed by atoms with E-state index in [9.17, 15) is 9.59 Å². The van der Waals surface area contributed by atoms with Crippen LogP contribution < -0.4 is 5.32 Å². The molecule has 1 heterocycles. The first-order chi connectivity index (χ1) is 8.13. The topological polar surface area (TPSA) is 75.6 Å². The van der Waals surface area contributed by atoms with Crippen LogP contribution >= 0.6 is 0 Å². The predicted molar refractivity (Wildman–Crippen MR) is 62.6 cm³/mol. The largest absolute Gasteiger partial charge is 0.481 e. The van der Waals surface area contributed by atoms with E-state index in [0.717, 1.165) is 19.3 Å². The van der Waals surface area contributed by atoms with Crippen LogP contribution in [0.5, 0.6) is 0 Å². The van der Waals surface area contributed by atoms with Crippen molar-refractivity contribution in [3.8, 4) is 0 Å². The van der Waals surface area contributed by atoms with E-state index < -0.39 is 5.97 Å². The Morgan fingerprint density at radius 3 is 2.88 bits per heavy atom. The molecule has 98 valence electrons. The molecule has 0 aromatic carbocycles. The third-order valence-electron chi connectivity index (χ3n) is 3.00. The van der Waals surface area contributed by atoms with Crippen molar-refractivity contribution in [1.82, 2.24) is 5.32 Å². The van der Waals surface area contributed by atoms with E-state index in [1.165, 1.54) is 0 Å². The van der Waals surface area contributed by atoms with Crippen LogP contribution in [-0.4, -0.2) is 36.2 Å². The number of carbonyl (C=O) groups excluding carboxylic acids is 1. The molecular formula is C12H21NO4. The van der Waals surface area contributed by atoms with Crippen molar-refractivity contribution in [1.29, 1.82) is 0 Å². The van der Waals surface area contributed by atoms with Gasteiger partial charge >= 0.3 is 11.9 Å². The minimum Gasteiger partial charge on any atom is -0.481 e. The summed E-state index contributed by atoms with van der Waals surface area (Å²) in [4.78, 5) is 22.3. The van der Waals surface area contributed by atoms with Crippen LogP contribution in [0, 0.1) is 5.92 Å². The van der Waals surface area contributed by atoms with Crippen molar-refractivity contribution in [2.45, 2.75) is 45.1 Å². The monoisotopic (exact) mass is 243 g/mol. The number of unbranched alkanes of at least 4 members (excludes halogenated alkanes) is 1. The fourth-order valence-electron chi connectivity index (χ4n) is 2.03. The molecular weight excluding hydrogens is 222 g/mol. The van der Waals surface area contributed by atoms with Gasteiger partial charge < -0.3 is 15.2 Å². The summed E-state index contributed by atoms with van der Waals surface area (Å²) in [6.45, 7) is 3.18. The molecule has 17 heavy (non-hydrogen) atoms. The number of esters is 1. The summed E-state index contributed by atoms with van der Waals surface area (Å²) < 4.78 is 5.13. The van der Waals surface area contributed by atoms with Gasteiger partial charge in [-0.05, 0) is 31.7 Å². The van der Waals surface area contributed by atoms with E-state index in [4.69, 9.17) is 9.84 Å². The first-order valence-electron chi connectivity index (χ1n) is 6.25. The summed E-state index contributed by atoms with van der Waals surface area (Å²) in [7, 11) is 0. The summed E-state index contributed by atoms with van der Waals surface area (Å²) in [5, 5.41) is 11.8. The minimum absolute atomic E-state index is 0.0810. The number of ether oxygens (including phenoxy) is 1. The van der Waals surface area contributed by atoms with Crippen molar-refractivity contribution >= 4 is 11.9 Å². The van der Waals surface area contributed by atoms with Crippen molar-refractivity contribution in [3.05, 3.63) is 0 Å². The number of aliphatic carboxylic acids is 1. The molecule has 5 heteroatoms. The number of carboxylic acids is 1. The summed E-state index contributed by atoms with van der Waals surface area (Å²) in [5.74, 6) is -0.957. The molecule has 1 rings (SSSR count). The maximum absolute atomic E-state index is 11.7. The van der Waals surface area contributed by atoms with Gasteiger partial charge in [-0.15, -0.1) is 0 Å². The van der Waals surface area contributed by atoms with Crippen molar-refractivity contribution < 1.29 is 19.4 Å². The number of hydrogen-bond acceptors (Lipinski definition) is 4. The van der Waals surface area contributed by atoms with Gasteiger partial charge in [-0.25, -0.2) is 0 Å². The van der Waals surface area contributed by atoms with Gasteiger partial charge in [-0.3, -0.25) is 9.59 Å². The molecule has 1 aliphatic heterocycles. The van der Waals surface area contributed by atoms with Gasteiger partial charge in [0.1, 0.15) is 6.04 Å². The summed E-state index contributed by atoms with van der Waals surface area (Å²) in [6, 6.07) is -0.329. The number of carbonyl (C=O) groups is 2. The molecule has 5 nitrogen and oxygen atoms in total. The number of hydrogen-bond donors (Lipinski definition) is 2. The molecule has 1 fully saturated rings. The minimum atomic E-state index is -0.796.